The van der Waals surface area contributed by atoms with E-state index in [1.54, 1.807) is 0 Å². The van der Waals surface area contributed by atoms with E-state index in [0.717, 1.165) is 0 Å². The Morgan fingerprint density at radius 1 is 1.38 bits per heavy atom. The molecule has 0 radical (unpaired) electrons. The number of hydrogen-bond donors (Lipinski definition) is 1. The van der Waals surface area contributed by atoms with Crippen LogP contribution in [-0.4, -0.2) is 11.2 Å². The molecule has 0 aliphatic rings. The second-order valence-electron chi connectivity index (χ2n) is 1.28. The van der Waals surface area contributed by atoms with Crippen molar-refractivity contribution in [2.24, 2.45) is 0 Å². The second kappa shape index (κ2) is 3.57. The highest BCUT2D eigenvalue weighted by atomic mass is 35.5. The minimum atomic E-state index is -0.776. The molecule has 0 aromatic rings. The van der Waals surface area contributed by atoms with Crippen LogP contribution < -0.4 is 0 Å². The molecule has 8 heavy (non-hydrogen) atoms. The van der Waals surface area contributed by atoms with Gasteiger partial charge in [0.15, 0.2) is 0 Å². The first-order chi connectivity index (χ1) is 3.55. The molecule has 0 saturated carbocycles. The molecule has 0 aliphatic carbocycles. The maximum Gasteiger partial charge on any atom is 0.123 e. The van der Waals surface area contributed by atoms with Crippen molar-refractivity contribution in [3.8, 4) is 0 Å². The number of hydrogen-bond acceptors (Lipinski definition) is 1. The van der Waals surface area contributed by atoms with Crippen LogP contribution in [0.3, 0.4) is 0 Å². The maximum absolute atomic E-state index is 8.63. The first-order valence-corrected chi connectivity index (χ1v) is 3.08. The molecule has 48 valence electrons. The molecular weight excluding hydrogens is 170 g/mol. The summed E-state index contributed by atoms with van der Waals surface area (Å²) in [6.07, 6.45) is -0.776. The Hall–Kier alpha value is 0.570. The average Bonchev–Trinajstić information content (AvgIpc) is 1.64. The lowest BCUT2D eigenvalue weighted by atomic mass is 10.4. The van der Waals surface area contributed by atoms with Gasteiger partial charge in [0, 0.05) is 0 Å². The zero-order valence-corrected chi connectivity index (χ0v) is 6.43. The summed E-state index contributed by atoms with van der Waals surface area (Å²) in [4.78, 5) is 0. The molecule has 0 heterocycles. The van der Waals surface area contributed by atoms with Gasteiger partial charge in [-0.1, -0.05) is 34.8 Å². The van der Waals surface area contributed by atoms with Crippen molar-refractivity contribution in [2.75, 3.05) is 0 Å². The Balaban J connectivity index is 4.00. The number of aliphatic hydroxyl groups excluding tert-OH is 1. The van der Waals surface area contributed by atoms with Crippen LogP contribution in [0.15, 0.2) is 9.52 Å². The number of aliphatic hydroxyl groups is 1. The van der Waals surface area contributed by atoms with Gasteiger partial charge in [-0.2, -0.15) is 0 Å². The van der Waals surface area contributed by atoms with E-state index in [9.17, 15) is 0 Å². The van der Waals surface area contributed by atoms with E-state index < -0.39 is 6.10 Å². The average molecular weight is 175 g/mol. The fourth-order valence-electron chi connectivity index (χ4n) is 0.158. The molecule has 0 amide bonds. The molecule has 1 atom stereocenters. The SMILES string of the molecule is CC(O)C(Cl)=C(Cl)Cl. The molecule has 0 aromatic carbocycles. The maximum atomic E-state index is 8.63. The fourth-order valence-corrected chi connectivity index (χ4v) is 0.474. The van der Waals surface area contributed by atoms with Crippen LogP contribution >= 0.6 is 34.8 Å². The molecule has 0 fully saturated rings. The van der Waals surface area contributed by atoms with Crippen LogP contribution in [0, 0.1) is 0 Å². The van der Waals surface area contributed by atoms with Crippen molar-refractivity contribution < 1.29 is 5.11 Å². The van der Waals surface area contributed by atoms with Gasteiger partial charge in [0.05, 0.1) is 11.1 Å². The van der Waals surface area contributed by atoms with E-state index in [-0.39, 0.29) is 9.52 Å². The molecule has 0 saturated heterocycles. The largest absolute Gasteiger partial charge is 0.388 e. The summed E-state index contributed by atoms with van der Waals surface area (Å²) < 4.78 is -0.0818. The van der Waals surface area contributed by atoms with Gasteiger partial charge in [-0.15, -0.1) is 0 Å². The van der Waals surface area contributed by atoms with E-state index in [1.807, 2.05) is 0 Å². The van der Waals surface area contributed by atoms with E-state index in [2.05, 4.69) is 0 Å². The van der Waals surface area contributed by atoms with Gasteiger partial charge in [0.1, 0.15) is 4.49 Å². The van der Waals surface area contributed by atoms with Crippen LogP contribution in [0.5, 0.6) is 0 Å². The molecule has 1 unspecified atom stereocenters. The summed E-state index contributed by atoms with van der Waals surface area (Å²) in [5.41, 5.74) is 0. The van der Waals surface area contributed by atoms with Gasteiger partial charge >= 0.3 is 0 Å². The monoisotopic (exact) mass is 174 g/mol. The van der Waals surface area contributed by atoms with Gasteiger partial charge < -0.3 is 5.11 Å². The predicted octanol–water partition coefficient (Wildman–Crippen LogP) is 2.25. The van der Waals surface area contributed by atoms with E-state index in [1.165, 1.54) is 6.92 Å². The Labute approximate surface area is 62.8 Å². The van der Waals surface area contributed by atoms with E-state index in [4.69, 9.17) is 39.9 Å². The summed E-state index contributed by atoms with van der Waals surface area (Å²) in [6.45, 7) is 1.48. The molecule has 0 aromatic heterocycles. The summed E-state index contributed by atoms with van der Waals surface area (Å²) >= 11 is 15.7. The zero-order valence-electron chi connectivity index (χ0n) is 4.16. The molecule has 1 nitrogen and oxygen atoms in total. The number of rotatable bonds is 1. The van der Waals surface area contributed by atoms with Crippen LogP contribution in [-0.2, 0) is 0 Å². The molecular formula is C4H5Cl3O. The van der Waals surface area contributed by atoms with Gasteiger partial charge in [0.2, 0.25) is 0 Å². The minimum absolute atomic E-state index is 0.0772. The van der Waals surface area contributed by atoms with Crippen LogP contribution in [0.4, 0.5) is 0 Å². The Morgan fingerprint density at radius 3 is 1.75 bits per heavy atom. The van der Waals surface area contributed by atoms with E-state index >= 15 is 0 Å². The standard InChI is InChI=1S/C4H5Cl3O/c1-2(8)3(5)4(6)7/h2,8H,1H3. The highest BCUT2D eigenvalue weighted by Gasteiger charge is 2.03. The molecule has 1 N–H and O–H groups in total. The molecule has 0 spiro atoms. The van der Waals surface area contributed by atoms with Crippen LogP contribution in [0.1, 0.15) is 6.92 Å². The highest BCUT2D eigenvalue weighted by molar-refractivity contribution is 6.59. The summed E-state index contributed by atoms with van der Waals surface area (Å²) in [5, 5.41) is 8.71. The van der Waals surface area contributed by atoms with Crippen LogP contribution in [0.25, 0.3) is 0 Å². The van der Waals surface area contributed by atoms with Crippen molar-refractivity contribution in [1.29, 1.82) is 0 Å². The summed E-state index contributed by atoms with van der Waals surface area (Å²) in [7, 11) is 0. The third-order valence-corrected chi connectivity index (χ3v) is 1.65. The van der Waals surface area contributed by atoms with E-state index in [0.29, 0.717) is 0 Å². The van der Waals surface area contributed by atoms with Crippen molar-refractivity contribution in [1.82, 2.24) is 0 Å². The minimum Gasteiger partial charge on any atom is -0.388 e. The predicted molar refractivity (Wildman–Crippen MR) is 36.3 cm³/mol. The third kappa shape index (κ3) is 2.78. The summed E-state index contributed by atoms with van der Waals surface area (Å²) in [6, 6.07) is 0. The summed E-state index contributed by atoms with van der Waals surface area (Å²) in [5.74, 6) is 0. The quantitative estimate of drug-likeness (QED) is 0.648. The smallest absolute Gasteiger partial charge is 0.123 e. The molecule has 4 heteroatoms. The first kappa shape index (κ1) is 8.57. The topological polar surface area (TPSA) is 20.2 Å². The van der Waals surface area contributed by atoms with Crippen molar-refractivity contribution in [2.45, 2.75) is 13.0 Å². The molecule has 0 rings (SSSR count). The van der Waals surface area contributed by atoms with Gasteiger partial charge in [-0.3, -0.25) is 0 Å². The number of halogens is 3. The Bertz CT molecular complexity index is 104. The van der Waals surface area contributed by atoms with Crippen LogP contribution in [0.2, 0.25) is 0 Å². The molecule has 0 aliphatic heterocycles. The zero-order chi connectivity index (χ0) is 6.73. The lowest BCUT2D eigenvalue weighted by Gasteiger charge is -1.98. The van der Waals surface area contributed by atoms with Crippen molar-refractivity contribution >= 4 is 34.8 Å². The first-order valence-electron chi connectivity index (χ1n) is 1.94. The lowest BCUT2D eigenvalue weighted by molar-refractivity contribution is 0.239. The third-order valence-electron chi connectivity index (χ3n) is 0.547. The second-order valence-corrected chi connectivity index (χ2v) is 2.64. The highest BCUT2D eigenvalue weighted by Crippen LogP contribution is 2.20. The van der Waals surface area contributed by atoms with Gasteiger partial charge in [-0.25, -0.2) is 0 Å². The van der Waals surface area contributed by atoms with Gasteiger partial charge in [-0.05, 0) is 6.92 Å². The lowest BCUT2D eigenvalue weighted by Crippen LogP contribution is -1.98. The fraction of sp³-hybridized carbons (Fsp3) is 0.500. The van der Waals surface area contributed by atoms with Gasteiger partial charge in [0.25, 0.3) is 0 Å². The Kier molecular flexibility index (Phi) is 3.82. The normalized spacial score (nSPS) is 13.1. The Morgan fingerprint density at radius 2 is 1.75 bits per heavy atom. The van der Waals surface area contributed by atoms with Crippen molar-refractivity contribution in [3.63, 3.8) is 0 Å². The molecule has 0 bridgehead atoms. The van der Waals surface area contributed by atoms with Crippen molar-refractivity contribution in [3.05, 3.63) is 9.52 Å².